The molecular formula is C12H9Br2NO3. The van der Waals surface area contributed by atoms with Gasteiger partial charge >= 0.3 is 5.97 Å². The SMILES string of the molecule is COC(=O)C(Br)Oc1ccc2ncc(Br)cc2c1. The molecule has 1 atom stereocenters. The van der Waals surface area contributed by atoms with Crippen LogP contribution >= 0.6 is 31.9 Å². The summed E-state index contributed by atoms with van der Waals surface area (Å²) in [6.45, 7) is 0. The molecule has 0 fully saturated rings. The van der Waals surface area contributed by atoms with Gasteiger partial charge in [-0.15, -0.1) is 0 Å². The second-order valence-corrected chi connectivity index (χ2v) is 5.21. The van der Waals surface area contributed by atoms with Gasteiger partial charge in [-0.2, -0.15) is 0 Å². The van der Waals surface area contributed by atoms with Gasteiger partial charge < -0.3 is 9.47 Å². The molecule has 1 aromatic carbocycles. The van der Waals surface area contributed by atoms with E-state index in [1.54, 1.807) is 12.3 Å². The van der Waals surface area contributed by atoms with Crippen molar-refractivity contribution in [2.45, 2.75) is 5.01 Å². The predicted octanol–water partition coefficient (Wildman–Crippen LogP) is 3.27. The number of fused-ring (bicyclic) bond motifs is 1. The Hall–Kier alpha value is -1.14. The summed E-state index contributed by atoms with van der Waals surface area (Å²) in [7, 11) is 1.31. The van der Waals surface area contributed by atoms with E-state index < -0.39 is 11.0 Å². The number of aromatic nitrogens is 1. The van der Waals surface area contributed by atoms with Gasteiger partial charge in [-0.3, -0.25) is 4.98 Å². The molecule has 4 nitrogen and oxygen atoms in total. The summed E-state index contributed by atoms with van der Waals surface area (Å²) in [5, 5.41) is 0.103. The van der Waals surface area contributed by atoms with Crippen LogP contribution in [0.1, 0.15) is 0 Å². The van der Waals surface area contributed by atoms with Gasteiger partial charge in [0.15, 0.2) is 0 Å². The van der Waals surface area contributed by atoms with Crippen molar-refractivity contribution < 1.29 is 14.3 Å². The Morgan fingerprint density at radius 1 is 1.39 bits per heavy atom. The van der Waals surface area contributed by atoms with Crippen LogP contribution in [0.4, 0.5) is 0 Å². The maximum atomic E-state index is 11.2. The Kier molecular flexibility index (Phi) is 4.19. The van der Waals surface area contributed by atoms with Crippen LogP contribution in [0.25, 0.3) is 10.9 Å². The fraction of sp³-hybridized carbons (Fsp3) is 0.167. The van der Waals surface area contributed by atoms with Gasteiger partial charge in [0, 0.05) is 16.1 Å². The monoisotopic (exact) mass is 373 g/mol. The molecule has 1 aromatic heterocycles. The van der Waals surface area contributed by atoms with Crippen molar-refractivity contribution in [3.05, 3.63) is 34.9 Å². The molecule has 2 rings (SSSR count). The first kappa shape index (κ1) is 13.3. The summed E-state index contributed by atoms with van der Waals surface area (Å²) >= 11 is 6.45. The van der Waals surface area contributed by atoms with E-state index in [0.29, 0.717) is 5.75 Å². The molecule has 0 bridgehead atoms. The molecule has 0 spiro atoms. The lowest BCUT2D eigenvalue weighted by atomic mass is 10.2. The zero-order chi connectivity index (χ0) is 13.1. The minimum Gasteiger partial charge on any atom is -0.467 e. The van der Waals surface area contributed by atoms with Crippen molar-refractivity contribution in [2.75, 3.05) is 7.11 Å². The van der Waals surface area contributed by atoms with E-state index in [1.165, 1.54) is 7.11 Å². The third kappa shape index (κ3) is 3.00. The number of alkyl halides is 1. The largest absolute Gasteiger partial charge is 0.467 e. The van der Waals surface area contributed by atoms with Gasteiger partial charge in [0.2, 0.25) is 5.01 Å². The number of carbonyl (C=O) groups is 1. The molecule has 0 amide bonds. The third-order valence-corrected chi connectivity index (χ3v) is 3.24. The highest BCUT2D eigenvalue weighted by atomic mass is 79.9. The van der Waals surface area contributed by atoms with Gasteiger partial charge in [0.1, 0.15) is 5.75 Å². The van der Waals surface area contributed by atoms with E-state index >= 15 is 0 Å². The third-order valence-electron chi connectivity index (χ3n) is 2.25. The zero-order valence-corrected chi connectivity index (χ0v) is 12.6. The summed E-state index contributed by atoms with van der Waals surface area (Å²) in [5.41, 5.74) is 0.856. The number of carbonyl (C=O) groups excluding carboxylic acids is 1. The molecule has 2 aromatic rings. The van der Waals surface area contributed by atoms with Gasteiger partial charge in [0.25, 0.3) is 0 Å². The van der Waals surface area contributed by atoms with Crippen molar-refractivity contribution in [2.24, 2.45) is 0 Å². The van der Waals surface area contributed by atoms with E-state index in [1.807, 2.05) is 18.2 Å². The quantitative estimate of drug-likeness (QED) is 0.611. The van der Waals surface area contributed by atoms with E-state index in [9.17, 15) is 4.79 Å². The minimum absolute atomic E-state index is 0.484. The highest BCUT2D eigenvalue weighted by Gasteiger charge is 2.16. The normalized spacial score (nSPS) is 12.2. The second kappa shape index (κ2) is 5.67. The smallest absolute Gasteiger partial charge is 0.358 e. The molecule has 94 valence electrons. The average Bonchev–Trinajstić information content (AvgIpc) is 2.37. The molecule has 0 saturated heterocycles. The summed E-state index contributed by atoms with van der Waals surface area (Å²) in [6, 6.07) is 7.31. The van der Waals surface area contributed by atoms with E-state index in [2.05, 4.69) is 41.6 Å². The van der Waals surface area contributed by atoms with Crippen LogP contribution < -0.4 is 4.74 Å². The molecule has 18 heavy (non-hydrogen) atoms. The molecule has 0 aliphatic carbocycles. The van der Waals surface area contributed by atoms with E-state index in [-0.39, 0.29) is 0 Å². The maximum Gasteiger partial charge on any atom is 0.358 e. The number of pyridine rings is 1. The summed E-state index contributed by atoms with van der Waals surface area (Å²) in [5.74, 6) is 0.0807. The maximum absolute atomic E-state index is 11.2. The number of halogens is 2. The topological polar surface area (TPSA) is 48.4 Å². The average molecular weight is 375 g/mol. The van der Waals surface area contributed by atoms with E-state index in [4.69, 9.17) is 4.74 Å². The van der Waals surface area contributed by atoms with Crippen LogP contribution in [0.2, 0.25) is 0 Å². The van der Waals surface area contributed by atoms with Gasteiger partial charge in [-0.05, 0) is 56.1 Å². The minimum atomic E-state index is -0.819. The second-order valence-electron chi connectivity index (χ2n) is 3.47. The lowest BCUT2D eigenvalue weighted by molar-refractivity contribution is -0.144. The zero-order valence-electron chi connectivity index (χ0n) is 9.39. The fourth-order valence-electron chi connectivity index (χ4n) is 1.42. The summed E-state index contributed by atoms with van der Waals surface area (Å²) in [6.07, 6.45) is 1.73. The number of esters is 1. The van der Waals surface area contributed by atoms with Crippen LogP contribution in [0.3, 0.4) is 0 Å². The number of rotatable bonds is 3. The van der Waals surface area contributed by atoms with Crippen molar-refractivity contribution in [3.8, 4) is 5.75 Å². The van der Waals surface area contributed by atoms with Crippen molar-refractivity contribution in [1.82, 2.24) is 4.98 Å². The predicted molar refractivity (Wildman–Crippen MR) is 74.8 cm³/mol. The van der Waals surface area contributed by atoms with Crippen molar-refractivity contribution >= 4 is 48.7 Å². The first-order chi connectivity index (χ1) is 8.60. The number of nitrogens with zero attached hydrogens (tertiary/aromatic N) is 1. The molecular weight excluding hydrogens is 366 g/mol. The Labute approximate surface area is 121 Å². The highest BCUT2D eigenvalue weighted by Crippen LogP contribution is 2.23. The number of hydrogen-bond donors (Lipinski definition) is 0. The molecule has 0 aliphatic rings. The molecule has 0 N–H and O–H groups in total. The Balaban J connectivity index is 2.27. The summed E-state index contributed by atoms with van der Waals surface area (Å²) in [4.78, 5) is 15.5. The number of hydrogen-bond acceptors (Lipinski definition) is 4. The molecule has 0 radical (unpaired) electrons. The molecule has 0 saturated carbocycles. The summed E-state index contributed by atoms with van der Waals surface area (Å²) < 4.78 is 10.9. The molecule has 6 heteroatoms. The fourth-order valence-corrected chi connectivity index (χ4v) is 2.17. The molecule has 1 heterocycles. The molecule has 1 unspecified atom stereocenters. The van der Waals surface area contributed by atoms with Gasteiger partial charge in [-0.1, -0.05) is 0 Å². The van der Waals surface area contributed by atoms with Crippen LogP contribution in [0.15, 0.2) is 34.9 Å². The lowest BCUT2D eigenvalue weighted by Crippen LogP contribution is -2.21. The Morgan fingerprint density at radius 2 is 2.17 bits per heavy atom. The van der Waals surface area contributed by atoms with E-state index in [0.717, 1.165) is 15.4 Å². The number of benzene rings is 1. The van der Waals surface area contributed by atoms with Gasteiger partial charge in [0.05, 0.1) is 12.6 Å². The van der Waals surface area contributed by atoms with Crippen molar-refractivity contribution in [1.29, 1.82) is 0 Å². The Morgan fingerprint density at radius 3 is 2.89 bits per heavy atom. The van der Waals surface area contributed by atoms with Crippen LogP contribution in [0, 0.1) is 0 Å². The van der Waals surface area contributed by atoms with Crippen LogP contribution in [-0.4, -0.2) is 23.1 Å². The van der Waals surface area contributed by atoms with Crippen molar-refractivity contribution in [3.63, 3.8) is 0 Å². The molecule has 0 aliphatic heterocycles. The number of methoxy groups -OCH3 is 1. The highest BCUT2D eigenvalue weighted by molar-refractivity contribution is 9.10. The number of ether oxygens (including phenoxy) is 2. The Bertz CT molecular complexity index is 589. The first-order valence-corrected chi connectivity index (χ1v) is 6.75. The van der Waals surface area contributed by atoms with Crippen LogP contribution in [-0.2, 0) is 9.53 Å². The lowest BCUT2D eigenvalue weighted by Gasteiger charge is -2.11. The van der Waals surface area contributed by atoms with Crippen LogP contribution in [0.5, 0.6) is 5.75 Å². The standard InChI is InChI=1S/C12H9Br2NO3/c1-17-12(16)11(14)18-9-2-3-10-7(5-9)4-8(13)6-15-10/h2-6,11H,1H3. The first-order valence-electron chi connectivity index (χ1n) is 5.04. The van der Waals surface area contributed by atoms with Gasteiger partial charge in [-0.25, -0.2) is 4.79 Å².